The molecule has 3 aromatic heterocycles. The number of fused-ring (bicyclic) bond motifs is 1. The second kappa shape index (κ2) is 11.7. The van der Waals surface area contributed by atoms with Crippen LogP contribution in [0, 0.1) is 18.3 Å². The molecule has 1 saturated carbocycles. The molecule has 1 aliphatic carbocycles. The number of benzene rings is 1. The number of aromatic nitrogens is 4. The average molecular weight is 576 g/mol. The highest BCUT2D eigenvalue weighted by atomic mass is 16.2. The Balaban J connectivity index is 1.23. The number of nitrogens with zero attached hydrogens (tertiary/aromatic N) is 7. The summed E-state index contributed by atoms with van der Waals surface area (Å²) in [4.78, 5) is 43.0. The highest BCUT2D eigenvalue weighted by Crippen LogP contribution is 2.40. The minimum Gasteiger partial charge on any atom is -0.383 e. The smallest absolute Gasteiger partial charge is 0.256 e. The van der Waals surface area contributed by atoms with Crippen molar-refractivity contribution in [2.24, 2.45) is 0 Å². The predicted octanol–water partition coefficient (Wildman–Crippen LogP) is 3.93. The van der Waals surface area contributed by atoms with Crippen LogP contribution in [-0.4, -0.2) is 73.9 Å². The fourth-order valence-corrected chi connectivity index (χ4v) is 5.86. The van der Waals surface area contributed by atoms with E-state index in [0.717, 1.165) is 40.8 Å². The summed E-state index contributed by atoms with van der Waals surface area (Å²) in [7, 11) is 2.10. The standard InChI is InChI=1S/C32H33N9O2/c1-20-28(22-5-7-23(8-6-22)32(43)38-26-16-21(17-33)11-13-35-26)29-30(34)36-19-37-31(29)41(20)25-12-15-40(18-25)27(42)4-3-14-39(2)24-9-10-24/h3-8,11,13,16,19,24-25H,9-10,12,14-15,18H2,1-2H3,(H2,34,36,37)(H,35,38,43). The molecule has 2 aliphatic rings. The van der Waals surface area contributed by atoms with Crippen LogP contribution in [0.25, 0.3) is 22.2 Å². The van der Waals surface area contributed by atoms with Gasteiger partial charge in [0.25, 0.3) is 5.91 Å². The van der Waals surface area contributed by atoms with Crippen LogP contribution in [0.2, 0.25) is 0 Å². The maximum Gasteiger partial charge on any atom is 0.256 e. The molecule has 2 fully saturated rings. The van der Waals surface area contributed by atoms with E-state index in [4.69, 9.17) is 11.0 Å². The van der Waals surface area contributed by atoms with Gasteiger partial charge in [-0.25, -0.2) is 15.0 Å². The van der Waals surface area contributed by atoms with Crippen LogP contribution in [0.4, 0.5) is 11.6 Å². The number of anilines is 2. The van der Waals surface area contributed by atoms with Gasteiger partial charge >= 0.3 is 0 Å². The summed E-state index contributed by atoms with van der Waals surface area (Å²) in [6.07, 6.45) is 9.88. The van der Waals surface area contributed by atoms with Gasteiger partial charge in [-0.3, -0.25) is 14.5 Å². The molecule has 0 bridgehead atoms. The minimum absolute atomic E-state index is 0.0265. The van der Waals surface area contributed by atoms with Gasteiger partial charge in [0.2, 0.25) is 5.91 Å². The number of hydrogen-bond donors (Lipinski definition) is 2. The Hall–Kier alpha value is -5.08. The Kier molecular flexibility index (Phi) is 7.61. The molecule has 4 heterocycles. The zero-order chi connectivity index (χ0) is 30.1. The van der Waals surface area contributed by atoms with Crippen LogP contribution < -0.4 is 11.1 Å². The van der Waals surface area contributed by atoms with E-state index in [2.05, 4.69) is 36.8 Å². The lowest BCUT2D eigenvalue weighted by Gasteiger charge is -2.18. The first-order chi connectivity index (χ1) is 20.8. The van der Waals surface area contributed by atoms with Crippen molar-refractivity contribution >= 4 is 34.5 Å². The third kappa shape index (κ3) is 5.69. The van der Waals surface area contributed by atoms with Crippen LogP contribution >= 0.6 is 0 Å². The van der Waals surface area contributed by atoms with E-state index in [9.17, 15) is 9.59 Å². The second-order valence-electron chi connectivity index (χ2n) is 11.2. The molecule has 11 nitrogen and oxygen atoms in total. The van der Waals surface area contributed by atoms with Crippen LogP contribution in [0.3, 0.4) is 0 Å². The number of rotatable bonds is 8. The van der Waals surface area contributed by atoms with Gasteiger partial charge in [-0.2, -0.15) is 5.26 Å². The molecule has 1 aliphatic heterocycles. The lowest BCUT2D eigenvalue weighted by atomic mass is 10.0. The van der Waals surface area contributed by atoms with E-state index in [1.54, 1.807) is 24.3 Å². The summed E-state index contributed by atoms with van der Waals surface area (Å²) in [6, 6.07) is 13.1. The number of amides is 2. The van der Waals surface area contributed by atoms with Crippen molar-refractivity contribution in [3.05, 3.63) is 77.9 Å². The molecule has 1 saturated heterocycles. The molecule has 2 amide bonds. The molecule has 4 aromatic rings. The predicted molar refractivity (Wildman–Crippen MR) is 164 cm³/mol. The number of likely N-dealkylation sites (N-methyl/N-ethyl adjacent to an activating group) is 1. The van der Waals surface area contributed by atoms with Crippen LogP contribution in [0.1, 0.15) is 46.9 Å². The molecule has 3 N–H and O–H groups in total. The first kappa shape index (κ1) is 28.1. The number of nitrogens with one attached hydrogen (secondary N) is 1. The summed E-state index contributed by atoms with van der Waals surface area (Å²) in [5.41, 5.74) is 10.7. The Morgan fingerprint density at radius 3 is 2.70 bits per heavy atom. The molecular formula is C32H33N9O2. The highest BCUT2D eigenvalue weighted by Gasteiger charge is 2.31. The maximum atomic E-state index is 13.0. The van der Waals surface area contributed by atoms with Crippen LogP contribution in [-0.2, 0) is 4.79 Å². The lowest BCUT2D eigenvalue weighted by molar-refractivity contribution is -0.125. The second-order valence-corrected chi connectivity index (χ2v) is 11.2. The first-order valence-corrected chi connectivity index (χ1v) is 14.4. The third-order valence-electron chi connectivity index (χ3n) is 8.29. The highest BCUT2D eigenvalue weighted by molar-refractivity contribution is 6.05. The van der Waals surface area contributed by atoms with E-state index in [1.807, 2.05) is 36.1 Å². The maximum absolute atomic E-state index is 13.0. The van der Waals surface area contributed by atoms with Gasteiger partial charge in [0.05, 0.1) is 23.1 Å². The van der Waals surface area contributed by atoms with E-state index < -0.39 is 0 Å². The molecule has 1 unspecified atom stereocenters. The van der Waals surface area contributed by atoms with Gasteiger partial charge in [0, 0.05) is 54.8 Å². The minimum atomic E-state index is -0.333. The fraction of sp³-hybridized carbons (Fsp3) is 0.312. The summed E-state index contributed by atoms with van der Waals surface area (Å²) < 4.78 is 2.18. The molecule has 11 heteroatoms. The summed E-state index contributed by atoms with van der Waals surface area (Å²) in [5.74, 6) is 0.376. The van der Waals surface area contributed by atoms with Crippen molar-refractivity contribution in [2.45, 2.75) is 38.3 Å². The van der Waals surface area contributed by atoms with Crippen molar-refractivity contribution in [1.29, 1.82) is 5.26 Å². The number of carbonyl (C=O) groups excluding carboxylic acids is 2. The Bertz CT molecular complexity index is 1770. The summed E-state index contributed by atoms with van der Waals surface area (Å²) >= 11 is 0. The quantitative estimate of drug-likeness (QED) is 0.301. The van der Waals surface area contributed by atoms with Crippen LogP contribution in [0.15, 0.2) is 61.1 Å². The summed E-state index contributed by atoms with van der Waals surface area (Å²) in [6.45, 7) is 4.05. The molecule has 0 spiro atoms. The third-order valence-corrected chi connectivity index (χ3v) is 8.29. The normalized spacial score (nSPS) is 16.7. The molecule has 0 radical (unpaired) electrons. The zero-order valence-corrected chi connectivity index (χ0v) is 24.2. The summed E-state index contributed by atoms with van der Waals surface area (Å²) in [5, 5.41) is 12.6. The first-order valence-electron chi connectivity index (χ1n) is 14.4. The Morgan fingerprint density at radius 2 is 1.95 bits per heavy atom. The molecule has 1 atom stereocenters. The Labute approximate surface area is 249 Å². The monoisotopic (exact) mass is 575 g/mol. The van der Waals surface area contributed by atoms with E-state index in [-0.39, 0.29) is 17.9 Å². The van der Waals surface area contributed by atoms with Crippen molar-refractivity contribution < 1.29 is 9.59 Å². The number of carbonyl (C=O) groups is 2. The fourth-order valence-electron chi connectivity index (χ4n) is 5.86. The van der Waals surface area contributed by atoms with E-state index >= 15 is 0 Å². The average Bonchev–Trinajstić information content (AvgIpc) is 3.68. The molecule has 6 rings (SSSR count). The Morgan fingerprint density at radius 1 is 1.16 bits per heavy atom. The number of nitrogen functional groups attached to an aromatic ring is 1. The van der Waals surface area contributed by atoms with Crippen molar-refractivity contribution in [1.82, 2.24) is 29.3 Å². The number of nitriles is 1. The molecule has 1 aromatic carbocycles. The number of nitrogens with two attached hydrogens (primary N) is 1. The van der Waals surface area contributed by atoms with Gasteiger partial charge in [0.15, 0.2) is 0 Å². The van der Waals surface area contributed by atoms with Gasteiger partial charge in [-0.05, 0) is 63.1 Å². The number of likely N-dealkylation sites (tertiary alicyclic amines) is 1. The molecular weight excluding hydrogens is 542 g/mol. The van der Waals surface area contributed by atoms with E-state index in [0.29, 0.717) is 41.9 Å². The van der Waals surface area contributed by atoms with Gasteiger partial charge in [0.1, 0.15) is 23.6 Å². The van der Waals surface area contributed by atoms with Gasteiger partial charge < -0.3 is 20.5 Å². The lowest BCUT2D eigenvalue weighted by Crippen LogP contribution is -2.28. The van der Waals surface area contributed by atoms with Crippen molar-refractivity contribution in [3.8, 4) is 17.2 Å². The molecule has 218 valence electrons. The number of pyridine rings is 1. The van der Waals surface area contributed by atoms with Crippen molar-refractivity contribution in [2.75, 3.05) is 37.7 Å². The largest absolute Gasteiger partial charge is 0.383 e. The van der Waals surface area contributed by atoms with Gasteiger partial charge in [-0.1, -0.05) is 18.2 Å². The molecule has 43 heavy (non-hydrogen) atoms. The van der Waals surface area contributed by atoms with E-state index in [1.165, 1.54) is 31.4 Å². The number of hydrogen-bond acceptors (Lipinski definition) is 8. The zero-order valence-electron chi connectivity index (χ0n) is 24.2. The van der Waals surface area contributed by atoms with Crippen molar-refractivity contribution in [3.63, 3.8) is 0 Å². The topological polar surface area (TPSA) is 146 Å². The SMILES string of the molecule is Cc1c(-c2ccc(C(=O)Nc3cc(C#N)ccn3)cc2)c2c(N)ncnc2n1C1CCN(C(=O)C=CCN(C)C2CC2)C1. The van der Waals surface area contributed by atoms with Gasteiger partial charge in [-0.15, -0.1) is 0 Å². The van der Waals surface area contributed by atoms with Crippen LogP contribution in [0.5, 0.6) is 0 Å².